The van der Waals surface area contributed by atoms with Crippen molar-refractivity contribution >= 4 is 11.9 Å². The van der Waals surface area contributed by atoms with Crippen LogP contribution in [0.5, 0.6) is 5.88 Å². The van der Waals surface area contributed by atoms with Crippen LogP contribution in [0.25, 0.3) is 0 Å². The summed E-state index contributed by atoms with van der Waals surface area (Å²) in [7, 11) is 1.57. The number of hydrogen-bond acceptors (Lipinski definition) is 6. The molecule has 2 rings (SSSR count). The standard InChI is InChI=1S/C15H20N2O6/c1-21-6-7-23-13-8-11(2-3-16-13)15(20)17-4-5-22-10-12(17)9-14(18)19/h2-3,8,12H,4-7,9-10H2,1H3,(H,18,19)/t12-/m1/s1. The van der Waals surface area contributed by atoms with Gasteiger partial charge >= 0.3 is 5.97 Å². The predicted octanol–water partition coefficient (Wildman–Crippen LogP) is 0.422. The molecule has 126 valence electrons. The van der Waals surface area contributed by atoms with Crippen LogP contribution in [0, 0.1) is 0 Å². The van der Waals surface area contributed by atoms with Crippen molar-refractivity contribution < 1.29 is 28.9 Å². The van der Waals surface area contributed by atoms with Gasteiger partial charge in [-0.15, -0.1) is 0 Å². The Bertz CT molecular complexity index is 551. The maximum atomic E-state index is 12.6. The molecule has 1 fully saturated rings. The molecule has 0 unspecified atom stereocenters. The van der Waals surface area contributed by atoms with Gasteiger partial charge in [0.25, 0.3) is 5.91 Å². The lowest BCUT2D eigenvalue weighted by Crippen LogP contribution is -2.49. The second kappa shape index (κ2) is 8.44. The molecule has 1 aliphatic rings. The average Bonchev–Trinajstić information content (AvgIpc) is 2.55. The summed E-state index contributed by atoms with van der Waals surface area (Å²) in [6.07, 6.45) is 1.34. The van der Waals surface area contributed by atoms with E-state index in [2.05, 4.69) is 4.98 Å². The van der Waals surface area contributed by atoms with Crippen LogP contribution < -0.4 is 4.74 Å². The van der Waals surface area contributed by atoms with Gasteiger partial charge in [-0.1, -0.05) is 0 Å². The fraction of sp³-hybridized carbons (Fsp3) is 0.533. The Labute approximate surface area is 134 Å². The number of methoxy groups -OCH3 is 1. The number of nitrogens with zero attached hydrogens (tertiary/aromatic N) is 2. The zero-order valence-corrected chi connectivity index (χ0v) is 12.9. The van der Waals surface area contributed by atoms with Gasteiger partial charge in [0.15, 0.2) is 0 Å². The fourth-order valence-corrected chi connectivity index (χ4v) is 2.31. The van der Waals surface area contributed by atoms with Crippen LogP contribution in [0.15, 0.2) is 18.3 Å². The van der Waals surface area contributed by atoms with Crippen LogP contribution in [0.2, 0.25) is 0 Å². The van der Waals surface area contributed by atoms with E-state index in [0.717, 1.165) is 0 Å². The summed E-state index contributed by atoms with van der Waals surface area (Å²) >= 11 is 0. The Hall–Kier alpha value is -2.19. The average molecular weight is 324 g/mol. The quantitative estimate of drug-likeness (QED) is 0.726. The highest BCUT2D eigenvalue weighted by molar-refractivity contribution is 5.95. The molecule has 0 aliphatic carbocycles. The molecule has 0 spiro atoms. The molecule has 2 heterocycles. The maximum Gasteiger partial charge on any atom is 0.305 e. The molecule has 1 aromatic heterocycles. The third kappa shape index (κ3) is 4.90. The monoisotopic (exact) mass is 324 g/mol. The Balaban J connectivity index is 2.08. The molecular weight excluding hydrogens is 304 g/mol. The van der Waals surface area contributed by atoms with Crippen molar-refractivity contribution in [3.63, 3.8) is 0 Å². The molecule has 1 aliphatic heterocycles. The van der Waals surface area contributed by atoms with Crippen LogP contribution in [-0.2, 0) is 14.3 Å². The Kier molecular flexibility index (Phi) is 6.30. The Morgan fingerprint density at radius 3 is 3.04 bits per heavy atom. The molecule has 0 saturated carbocycles. The molecule has 1 aromatic rings. The minimum atomic E-state index is -0.961. The van der Waals surface area contributed by atoms with Gasteiger partial charge in [0, 0.05) is 31.5 Å². The van der Waals surface area contributed by atoms with Gasteiger partial charge in [0.1, 0.15) is 6.61 Å². The number of carbonyl (C=O) groups excluding carboxylic acids is 1. The van der Waals surface area contributed by atoms with Gasteiger partial charge < -0.3 is 24.2 Å². The molecule has 1 amide bonds. The number of hydrogen-bond donors (Lipinski definition) is 1. The SMILES string of the molecule is COCCOc1cc(C(=O)N2CCOC[C@H]2CC(=O)O)ccn1. The van der Waals surface area contributed by atoms with Crippen molar-refractivity contribution in [2.24, 2.45) is 0 Å². The first kappa shape index (κ1) is 17.2. The van der Waals surface area contributed by atoms with Crippen LogP contribution in [-0.4, -0.2) is 73.0 Å². The number of morpholine rings is 1. The van der Waals surface area contributed by atoms with Gasteiger partial charge in [-0.2, -0.15) is 0 Å². The number of aliphatic carboxylic acids is 1. The number of aromatic nitrogens is 1. The first-order valence-electron chi connectivity index (χ1n) is 7.30. The number of carboxylic acids is 1. The van der Waals surface area contributed by atoms with Crippen molar-refractivity contribution in [2.45, 2.75) is 12.5 Å². The number of carbonyl (C=O) groups is 2. The predicted molar refractivity (Wildman–Crippen MR) is 79.5 cm³/mol. The Morgan fingerprint density at radius 1 is 1.48 bits per heavy atom. The molecule has 1 saturated heterocycles. The molecular formula is C15H20N2O6. The lowest BCUT2D eigenvalue weighted by atomic mass is 10.1. The molecule has 8 heteroatoms. The first-order valence-corrected chi connectivity index (χ1v) is 7.30. The lowest BCUT2D eigenvalue weighted by molar-refractivity contribution is -0.139. The van der Waals surface area contributed by atoms with Crippen LogP contribution in [0.4, 0.5) is 0 Å². The van der Waals surface area contributed by atoms with Gasteiger partial charge in [-0.25, -0.2) is 4.98 Å². The van der Waals surface area contributed by atoms with Gasteiger partial charge in [-0.3, -0.25) is 9.59 Å². The van der Waals surface area contributed by atoms with E-state index in [-0.39, 0.29) is 18.9 Å². The highest BCUT2D eigenvalue weighted by atomic mass is 16.5. The van der Waals surface area contributed by atoms with Crippen molar-refractivity contribution in [2.75, 3.05) is 40.1 Å². The van der Waals surface area contributed by atoms with Crippen molar-refractivity contribution in [3.8, 4) is 5.88 Å². The van der Waals surface area contributed by atoms with Gasteiger partial charge in [-0.05, 0) is 6.07 Å². The summed E-state index contributed by atoms with van der Waals surface area (Å²) < 4.78 is 15.6. The number of ether oxygens (including phenoxy) is 3. The molecule has 1 atom stereocenters. The van der Waals surface area contributed by atoms with E-state index in [1.807, 2.05) is 0 Å². The lowest BCUT2D eigenvalue weighted by Gasteiger charge is -2.34. The summed E-state index contributed by atoms with van der Waals surface area (Å²) in [6, 6.07) is 2.66. The number of pyridine rings is 1. The Morgan fingerprint density at radius 2 is 2.30 bits per heavy atom. The fourth-order valence-electron chi connectivity index (χ4n) is 2.31. The third-order valence-electron chi connectivity index (χ3n) is 3.42. The van der Waals surface area contributed by atoms with Gasteiger partial charge in [0.05, 0.1) is 32.3 Å². The minimum absolute atomic E-state index is 0.145. The van der Waals surface area contributed by atoms with Crippen LogP contribution in [0.3, 0.4) is 0 Å². The second-order valence-electron chi connectivity index (χ2n) is 5.05. The molecule has 0 bridgehead atoms. The summed E-state index contributed by atoms with van der Waals surface area (Å²) in [6.45, 7) is 1.73. The zero-order chi connectivity index (χ0) is 16.7. The topological polar surface area (TPSA) is 98.2 Å². The third-order valence-corrected chi connectivity index (χ3v) is 3.42. The van der Waals surface area contributed by atoms with Crippen LogP contribution >= 0.6 is 0 Å². The van der Waals surface area contributed by atoms with Gasteiger partial charge in [0.2, 0.25) is 5.88 Å². The maximum absolute atomic E-state index is 12.6. The van der Waals surface area contributed by atoms with Crippen LogP contribution in [0.1, 0.15) is 16.8 Å². The summed E-state index contributed by atoms with van der Waals surface area (Å²) in [5, 5.41) is 8.97. The van der Waals surface area contributed by atoms with Crippen molar-refractivity contribution in [1.82, 2.24) is 9.88 Å². The summed E-state index contributed by atoms with van der Waals surface area (Å²) in [5.74, 6) is -0.883. The first-order chi connectivity index (χ1) is 11.1. The van der Waals surface area contributed by atoms with Crippen molar-refractivity contribution in [3.05, 3.63) is 23.9 Å². The summed E-state index contributed by atoms with van der Waals surface area (Å²) in [5.41, 5.74) is 0.407. The van der Waals surface area contributed by atoms with E-state index in [4.69, 9.17) is 19.3 Å². The highest BCUT2D eigenvalue weighted by Crippen LogP contribution is 2.17. The van der Waals surface area contributed by atoms with Crippen molar-refractivity contribution in [1.29, 1.82) is 0 Å². The van der Waals surface area contributed by atoms with E-state index in [0.29, 0.717) is 37.8 Å². The molecule has 1 N–H and O–H groups in total. The molecule has 23 heavy (non-hydrogen) atoms. The number of carboxylic acid groups (broad SMARTS) is 1. The molecule has 8 nitrogen and oxygen atoms in total. The van der Waals surface area contributed by atoms with E-state index in [9.17, 15) is 9.59 Å². The second-order valence-corrected chi connectivity index (χ2v) is 5.05. The minimum Gasteiger partial charge on any atom is -0.481 e. The molecule has 0 radical (unpaired) electrons. The zero-order valence-electron chi connectivity index (χ0n) is 12.9. The van der Waals surface area contributed by atoms with E-state index in [1.165, 1.54) is 11.1 Å². The van der Waals surface area contributed by atoms with E-state index in [1.54, 1.807) is 19.2 Å². The smallest absolute Gasteiger partial charge is 0.305 e. The number of rotatable bonds is 7. The number of amides is 1. The van der Waals surface area contributed by atoms with E-state index < -0.39 is 12.0 Å². The largest absolute Gasteiger partial charge is 0.481 e. The summed E-state index contributed by atoms with van der Waals surface area (Å²) in [4.78, 5) is 29.2. The highest BCUT2D eigenvalue weighted by Gasteiger charge is 2.30. The van der Waals surface area contributed by atoms with E-state index >= 15 is 0 Å². The molecule has 0 aromatic carbocycles. The normalized spacial score (nSPS) is 17.8.